The van der Waals surface area contributed by atoms with Crippen LogP contribution in [0.4, 0.5) is 0 Å². The molecule has 0 spiro atoms. The van der Waals surface area contributed by atoms with Crippen molar-refractivity contribution in [3.05, 3.63) is 133 Å². The summed E-state index contributed by atoms with van der Waals surface area (Å²) in [6.07, 6.45) is 2.83. The van der Waals surface area contributed by atoms with Gasteiger partial charge in [-0.25, -0.2) is 4.52 Å². The molecule has 11 heteroatoms. The number of carbonyl (C=O) groups excluding carboxylic acids is 1. The summed E-state index contributed by atoms with van der Waals surface area (Å²) in [5.74, 6) is 1.42. The van der Waals surface area contributed by atoms with Crippen molar-refractivity contribution in [3.63, 3.8) is 0 Å². The van der Waals surface area contributed by atoms with Crippen LogP contribution >= 0.6 is 27.5 Å². The number of benzene rings is 3. The SMILES string of the molecule is Cc1nnc(-c2ccc(-n3c(=O)c4c(n5ncc(Cc6ccccc6)c35)CN(C(=O)c3ccc(Br)c(Cl)c3)CC4)cc2)n1C. The number of rotatable bonds is 5. The van der Waals surface area contributed by atoms with Crippen molar-refractivity contribution in [2.24, 2.45) is 7.05 Å². The second kappa shape index (κ2) is 11.2. The second-order valence-corrected chi connectivity index (χ2v) is 12.2. The fourth-order valence-electron chi connectivity index (χ4n) is 5.80. The Labute approximate surface area is 266 Å². The molecule has 1 amide bonds. The minimum absolute atomic E-state index is 0.108. The first-order valence-corrected chi connectivity index (χ1v) is 15.4. The molecule has 0 bridgehead atoms. The molecule has 1 aliphatic rings. The van der Waals surface area contributed by atoms with E-state index in [-0.39, 0.29) is 18.0 Å². The Balaban J connectivity index is 1.35. The van der Waals surface area contributed by atoms with Gasteiger partial charge in [0.05, 0.1) is 29.1 Å². The third-order valence-corrected chi connectivity index (χ3v) is 9.47. The highest BCUT2D eigenvalue weighted by atomic mass is 79.9. The zero-order valence-electron chi connectivity index (χ0n) is 24.0. The fourth-order valence-corrected chi connectivity index (χ4v) is 6.22. The van der Waals surface area contributed by atoms with Gasteiger partial charge in [-0.2, -0.15) is 5.10 Å². The van der Waals surface area contributed by atoms with E-state index in [1.165, 1.54) is 0 Å². The van der Waals surface area contributed by atoms with Gasteiger partial charge in [-0.15, -0.1) is 10.2 Å². The average molecular weight is 669 g/mol. The van der Waals surface area contributed by atoms with Crippen LogP contribution < -0.4 is 5.56 Å². The Morgan fingerprint density at radius 1 is 1.02 bits per heavy atom. The van der Waals surface area contributed by atoms with Crippen LogP contribution in [0.1, 0.15) is 38.6 Å². The summed E-state index contributed by atoms with van der Waals surface area (Å²) >= 11 is 9.68. The average Bonchev–Trinajstić information content (AvgIpc) is 3.61. The topological polar surface area (TPSA) is 90.3 Å². The number of carbonyl (C=O) groups is 1. The van der Waals surface area contributed by atoms with Gasteiger partial charge in [0.1, 0.15) is 11.5 Å². The van der Waals surface area contributed by atoms with E-state index >= 15 is 0 Å². The van der Waals surface area contributed by atoms with Crippen LogP contribution in [0, 0.1) is 6.92 Å². The zero-order valence-corrected chi connectivity index (χ0v) is 26.4. The van der Waals surface area contributed by atoms with Gasteiger partial charge in [0.15, 0.2) is 5.82 Å². The van der Waals surface area contributed by atoms with E-state index < -0.39 is 0 Å². The number of nitrogens with zero attached hydrogens (tertiary/aromatic N) is 7. The molecule has 0 fully saturated rings. The van der Waals surface area contributed by atoms with Gasteiger partial charge in [0, 0.05) is 46.7 Å². The van der Waals surface area contributed by atoms with Crippen LogP contribution in [0.2, 0.25) is 5.02 Å². The summed E-state index contributed by atoms with van der Waals surface area (Å²) in [4.78, 5) is 29.6. The molecule has 4 heterocycles. The molecule has 220 valence electrons. The standard InChI is InChI=1S/C33H27BrClN7O2/c1-20-37-38-30(39(20)2)22-8-11-25(12-9-22)41-31-24(16-21-6-4-3-5-7-21)18-36-42(31)29-19-40(15-14-26(29)33(41)44)32(43)23-10-13-27(34)28(35)17-23/h3-13,17-18H,14-16,19H2,1-2H3. The molecule has 44 heavy (non-hydrogen) atoms. The van der Waals surface area contributed by atoms with E-state index in [2.05, 4.69) is 38.3 Å². The second-order valence-electron chi connectivity index (χ2n) is 10.9. The Morgan fingerprint density at radius 2 is 1.80 bits per heavy atom. The molecule has 3 aromatic heterocycles. The van der Waals surface area contributed by atoms with Crippen molar-refractivity contribution in [2.45, 2.75) is 26.3 Å². The van der Waals surface area contributed by atoms with Crippen LogP contribution in [-0.4, -0.2) is 46.3 Å². The highest BCUT2D eigenvalue weighted by Crippen LogP contribution is 2.28. The van der Waals surface area contributed by atoms with Crippen LogP contribution in [0.25, 0.3) is 22.7 Å². The van der Waals surface area contributed by atoms with Crippen molar-refractivity contribution in [3.8, 4) is 17.1 Å². The summed E-state index contributed by atoms with van der Waals surface area (Å²) in [5.41, 5.74) is 6.08. The van der Waals surface area contributed by atoms with E-state index in [9.17, 15) is 9.59 Å². The van der Waals surface area contributed by atoms with E-state index in [0.717, 1.165) is 44.2 Å². The van der Waals surface area contributed by atoms with Crippen molar-refractivity contribution in [1.29, 1.82) is 0 Å². The highest BCUT2D eigenvalue weighted by Gasteiger charge is 2.29. The molecule has 0 N–H and O–H groups in total. The summed E-state index contributed by atoms with van der Waals surface area (Å²) in [6.45, 7) is 2.57. The molecule has 3 aromatic carbocycles. The summed E-state index contributed by atoms with van der Waals surface area (Å²) < 4.78 is 6.25. The lowest BCUT2D eigenvalue weighted by molar-refractivity contribution is 0.0729. The molecule has 1 aliphatic heterocycles. The van der Waals surface area contributed by atoms with Gasteiger partial charge in [-0.05, 0) is 77.3 Å². The van der Waals surface area contributed by atoms with E-state index in [1.54, 1.807) is 27.7 Å². The molecule has 0 unspecified atom stereocenters. The summed E-state index contributed by atoms with van der Waals surface area (Å²) in [7, 11) is 1.93. The van der Waals surface area contributed by atoms with E-state index in [4.69, 9.17) is 16.7 Å². The number of fused-ring (bicyclic) bond motifs is 3. The predicted octanol–water partition coefficient (Wildman–Crippen LogP) is 5.79. The normalized spacial score (nSPS) is 13.0. The van der Waals surface area contributed by atoms with Crippen molar-refractivity contribution >= 4 is 39.1 Å². The number of hydrogen-bond acceptors (Lipinski definition) is 5. The largest absolute Gasteiger partial charge is 0.332 e. The lowest BCUT2D eigenvalue weighted by atomic mass is 10.0. The molecule has 0 saturated carbocycles. The van der Waals surface area contributed by atoms with Gasteiger partial charge in [0.2, 0.25) is 0 Å². The molecule has 0 saturated heterocycles. The molecule has 0 aliphatic carbocycles. The molecular weight excluding hydrogens is 642 g/mol. The van der Waals surface area contributed by atoms with Gasteiger partial charge < -0.3 is 9.47 Å². The number of amides is 1. The monoisotopic (exact) mass is 667 g/mol. The molecule has 6 aromatic rings. The summed E-state index contributed by atoms with van der Waals surface area (Å²) in [6, 6.07) is 23.1. The number of aryl methyl sites for hydroxylation is 1. The van der Waals surface area contributed by atoms with Crippen molar-refractivity contribution in [1.82, 2.24) is 33.8 Å². The minimum atomic E-state index is -0.145. The van der Waals surface area contributed by atoms with Gasteiger partial charge in [-0.1, -0.05) is 41.9 Å². The van der Waals surface area contributed by atoms with Gasteiger partial charge in [0.25, 0.3) is 11.5 Å². The maximum atomic E-state index is 14.3. The Kier molecular flexibility index (Phi) is 7.18. The molecular formula is C33H27BrClN7O2. The Hall–Kier alpha value is -4.54. The van der Waals surface area contributed by atoms with E-state index in [1.807, 2.05) is 71.7 Å². The number of aromatic nitrogens is 6. The van der Waals surface area contributed by atoms with Crippen molar-refractivity contribution < 1.29 is 4.79 Å². The number of halogens is 2. The quantitative estimate of drug-likeness (QED) is 0.232. The van der Waals surface area contributed by atoms with Crippen LogP contribution in [-0.2, 0) is 26.4 Å². The molecule has 0 atom stereocenters. The zero-order chi connectivity index (χ0) is 30.5. The molecule has 7 rings (SSSR count). The fraction of sp³-hybridized carbons (Fsp3) is 0.182. The maximum Gasteiger partial charge on any atom is 0.261 e. The highest BCUT2D eigenvalue weighted by molar-refractivity contribution is 9.10. The molecule has 0 radical (unpaired) electrons. The third-order valence-electron chi connectivity index (χ3n) is 8.23. The lowest BCUT2D eigenvalue weighted by Crippen LogP contribution is -2.41. The first kappa shape index (κ1) is 28.2. The maximum absolute atomic E-state index is 14.3. The predicted molar refractivity (Wildman–Crippen MR) is 172 cm³/mol. The van der Waals surface area contributed by atoms with Crippen LogP contribution in [0.15, 0.2) is 88.3 Å². The van der Waals surface area contributed by atoms with Gasteiger partial charge >= 0.3 is 0 Å². The Bertz CT molecular complexity index is 2120. The van der Waals surface area contributed by atoms with Gasteiger partial charge in [-0.3, -0.25) is 14.2 Å². The lowest BCUT2D eigenvalue weighted by Gasteiger charge is -2.30. The van der Waals surface area contributed by atoms with E-state index in [0.29, 0.717) is 41.2 Å². The van der Waals surface area contributed by atoms with Crippen LogP contribution in [0.5, 0.6) is 0 Å². The third kappa shape index (κ3) is 4.84. The molecule has 9 nitrogen and oxygen atoms in total. The van der Waals surface area contributed by atoms with Crippen LogP contribution in [0.3, 0.4) is 0 Å². The minimum Gasteiger partial charge on any atom is -0.332 e. The Morgan fingerprint density at radius 3 is 2.50 bits per heavy atom. The first-order chi connectivity index (χ1) is 21.3. The summed E-state index contributed by atoms with van der Waals surface area (Å²) in [5, 5.41) is 13.7. The number of hydrogen-bond donors (Lipinski definition) is 0. The smallest absolute Gasteiger partial charge is 0.261 e. The first-order valence-electron chi connectivity index (χ1n) is 14.2. The van der Waals surface area contributed by atoms with Crippen molar-refractivity contribution in [2.75, 3.05) is 6.54 Å².